The van der Waals surface area contributed by atoms with E-state index in [-0.39, 0.29) is 17.7 Å². The molecule has 0 aromatic heterocycles. The van der Waals surface area contributed by atoms with Crippen molar-refractivity contribution < 1.29 is 9.59 Å². The van der Waals surface area contributed by atoms with Gasteiger partial charge in [-0.05, 0) is 74.7 Å². The predicted octanol–water partition coefficient (Wildman–Crippen LogP) is 4.25. The van der Waals surface area contributed by atoms with Crippen LogP contribution in [0.25, 0.3) is 0 Å². The van der Waals surface area contributed by atoms with Gasteiger partial charge in [-0.2, -0.15) is 0 Å². The first kappa shape index (κ1) is 21.5. The number of hydrogen-bond donors (Lipinski definition) is 1. The molecule has 0 radical (unpaired) electrons. The summed E-state index contributed by atoms with van der Waals surface area (Å²) in [7, 11) is 0. The van der Waals surface area contributed by atoms with E-state index in [0.717, 1.165) is 5.69 Å². The van der Waals surface area contributed by atoms with Crippen molar-refractivity contribution in [3.05, 3.63) is 64.7 Å². The monoisotopic (exact) mass is 451 g/mol. The van der Waals surface area contributed by atoms with E-state index in [0.29, 0.717) is 35.5 Å². The summed E-state index contributed by atoms with van der Waals surface area (Å²) in [6, 6.07) is 15.5. The number of anilines is 1. The van der Waals surface area contributed by atoms with Crippen molar-refractivity contribution in [2.24, 2.45) is 5.92 Å². The van der Waals surface area contributed by atoms with E-state index in [1.807, 2.05) is 4.90 Å². The summed E-state index contributed by atoms with van der Waals surface area (Å²) in [5.41, 5.74) is 3.23. The van der Waals surface area contributed by atoms with Gasteiger partial charge in [0.1, 0.15) is 0 Å². The molecule has 2 amide bonds. The lowest BCUT2D eigenvalue weighted by atomic mass is 9.95. The van der Waals surface area contributed by atoms with Crippen LogP contribution < -0.4 is 10.2 Å². The molecule has 3 fully saturated rings. The number of benzene rings is 2. The maximum absolute atomic E-state index is 12.7. The molecule has 168 valence electrons. The minimum Gasteiger partial charge on any atom is -0.352 e. The van der Waals surface area contributed by atoms with Gasteiger partial charge in [-0.25, -0.2) is 0 Å². The van der Waals surface area contributed by atoms with E-state index in [1.54, 1.807) is 24.3 Å². The van der Waals surface area contributed by atoms with Gasteiger partial charge in [0.25, 0.3) is 5.91 Å². The molecule has 0 bridgehead atoms. The Bertz CT molecular complexity index is 996. The molecule has 2 aliphatic heterocycles. The minimum atomic E-state index is -0.157. The van der Waals surface area contributed by atoms with Crippen molar-refractivity contribution in [3.63, 3.8) is 0 Å². The van der Waals surface area contributed by atoms with Crippen LogP contribution in [0.4, 0.5) is 5.69 Å². The van der Waals surface area contributed by atoms with Crippen LogP contribution in [0.1, 0.15) is 48.0 Å². The molecule has 0 spiro atoms. The molecule has 1 unspecified atom stereocenters. The van der Waals surface area contributed by atoms with Gasteiger partial charge in [0.05, 0.1) is 0 Å². The van der Waals surface area contributed by atoms with E-state index < -0.39 is 0 Å². The summed E-state index contributed by atoms with van der Waals surface area (Å²) in [4.78, 5) is 29.5. The lowest BCUT2D eigenvalue weighted by molar-refractivity contribution is -0.117. The minimum absolute atomic E-state index is 0.107. The zero-order valence-electron chi connectivity index (χ0n) is 18.4. The SMILES string of the molecule is O=C(NCC1CC(=O)N(c2ccc(C3(CN4CCCC4)CC3)cc2)C1)c1cccc(Cl)c1. The lowest BCUT2D eigenvalue weighted by Crippen LogP contribution is -2.31. The van der Waals surface area contributed by atoms with E-state index >= 15 is 0 Å². The third kappa shape index (κ3) is 4.55. The van der Waals surface area contributed by atoms with Crippen molar-refractivity contribution in [1.82, 2.24) is 10.2 Å². The van der Waals surface area contributed by atoms with Gasteiger partial charge in [-0.1, -0.05) is 29.8 Å². The average molecular weight is 452 g/mol. The van der Waals surface area contributed by atoms with Gasteiger partial charge < -0.3 is 15.1 Å². The molecule has 2 heterocycles. The van der Waals surface area contributed by atoms with Gasteiger partial charge >= 0.3 is 0 Å². The summed E-state index contributed by atoms with van der Waals surface area (Å²) >= 11 is 5.97. The molecule has 1 saturated carbocycles. The number of nitrogens with one attached hydrogen (secondary N) is 1. The van der Waals surface area contributed by atoms with E-state index in [4.69, 9.17) is 11.6 Å². The number of halogens is 1. The second-order valence-electron chi connectivity index (χ2n) is 9.61. The van der Waals surface area contributed by atoms with Crippen LogP contribution in [0, 0.1) is 5.92 Å². The Balaban J connectivity index is 1.18. The zero-order valence-corrected chi connectivity index (χ0v) is 19.1. The summed E-state index contributed by atoms with van der Waals surface area (Å²) in [6.07, 6.45) is 5.63. The van der Waals surface area contributed by atoms with Gasteiger partial charge in [-0.3, -0.25) is 9.59 Å². The summed E-state index contributed by atoms with van der Waals surface area (Å²) in [6.45, 7) is 4.75. The Morgan fingerprint density at radius 2 is 1.84 bits per heavy atom. The first-order valence-corrected chi connectivity index (χ1v) is 12.1. The maximum Gasteiger partial charge on any atom is 0.251 e. The molecule has 2 aromatic carbocycles. The molecule has 2 saturated heterocycles. The van der Waals surface area contributed by atoms with E-state index in [9.17, 15) is 9.59 Å². The number of nitrogens with zero attached hydrogens (tertiary/aromatic N) is 2. The first-order chi connectivity index (χ1) is 15.5. The van der Waals surface area contributed by atoms with Crippen LogP contribution >= 0.6 is 11.6 Å². The van der Waals surface area contributed by atoms with Crippen LogP contribution in [-0.4, -0.2) is 49.4 Å². The topological polar surface area (TPSA) is 52.7 Å². The van der Waals surface area contributed by atoms with Crippen molar-refractivity contribution in [3.8, 4) is 0 Å². The van der Waals surface area contributed by atoms with Crippen LogP contribution in [0.5, 0.6) is 0 Å². The number of rotatable bonds is 7. The number of hydrogen-bond acceptors (Lipinski definition) is 3. The smallest absolute Gasteiger partial charge is 0.251 e. The fourth-order valence-electron chi connectivity index (χ4n) is 5.19. The molecule has 6 heteroatoms. The predicted molar refractivity (Wildman–Crippen MR) is 127 cm³/mol. The molecule has 1 aliphatic carbocycles. The summed E-state index contributed by atoms with van der Waals surface area (Å²) in [5, 5.41) is 3.49. The first-order valence-electron chi connectivity index (χ1n) is 11.7. The standard InChI is InChI=1S/C26H30ClN3O2/c27-22-5-3-4-20(15-22)25(32)28-16-19-14-24(31)30(17-19)23-8-6-21(7-9-23)26(10-11-26)18-29-12-1-2-13-29/h3-9,15,19H,1-2,10-14,16-18H2,(H,28,32). The fourth-order valence-corrected chi connectivity index (χ4v) is 5.38. The third-order valence-electron chi connectivity index (χ3n) is 7.21. The van der Waals surface area contributed by atoms with Crippen molar-refractivity contribution in [2.75, 3.05) is 37.6 Å². The Kier molecular flexibility index (Phi) is 5.95. The normalized spacial score (nSPS) is 22.3. The van der Waals surface area contributed by atoms with Gasteiger partial charge in [0.2, 0.25) is 5.91 Å². The highest BCUT2D eigenvalue weighted by Gasteiger charge is 2.45. The fraction of sp³-hybridized carbons (Fsp3) is 0.462. The Morgan fingerprint density at radius 3 is 2.53 bits per heavy atom. The molecule has 5 rings (SSSR count). The third-order valence-corrected chi connectivity index (χ3v) is 7.45. The number of amides is 2. The highest BCUT2D eigenvalue weighted by atomic mass is 35.5. The van der Waals surface area contributed by atoms with Crippen molar-refractivity contribution in [1.29, 1.82) is 0 Å². The highest BCUT2D eigenvalue weighted by Crippen LogP contribution is 2.49. The van der Waals surface area contributed by atoms with Gasteiger partial charge in [0.15, 0.2) is 0 Å². The highest BCUT2D eigenvalue weighted by molar-refractivity contribution is 6.30. The molecule has 2 aromatic rings. The van der Waals surface area contributed by atoms with Crippen LogP contribution in [0.2, 0.25) is 5.02 Å². The molecule has 32 heavy (non-hydrogen) atoms. The molecular weight excluding hydrogens is 422 g/mol. The Hall–Kier alpha value is -2.37. The van der Waals surface area contributed by atoms with Gasteiger partial charge in [0, 0.05) is 53.7 Å². The van der Waals surface area contributed by atoms with Gasteiger partial charge in [-0.15, -0.1) is 0 Å². The second-order valence-corrected chi connectivity index (χ2v) is 10.0. The molecule has 5 nitrogen and oxygen atoms in total. The molecule has 1 N–H and O–H groups in total. The Morgan fingerprint density at radius 1 is 1.09 bits per heavy atom. The quantitative estimate of drug-likeness (QED) is 0.684. The van der Waals surface area contributed by atoms with E-state index in [1.165, 1.54) is 50.9 Å². The summed E-state index contributed by atoms with van der Waals surface area (Å²) in [5.74, 6) is 0.0729. The van der Waals surface area contributed by atoms with E-state index in [2.05, 4.69) is 34.5 Å². The Labute approximate surface area is 194 Å². The lowest BCUT2D eigenvalue weighted by Gasteiger charge is -2.24. The van der Waals surface area contributed by atoms with Crippen LogP contribution in [-0.2, 0) is 10.2 Å². The molecule has 1 atom stereocenters. The van der Waals surface area contributed by atoms with Crippen LogP contribution in [0.3, 0.4) is 0 Å². The number of carbonyl (C=O) groups excluding carboxylic acids is 2. The van der Waals surface area contributed by atoms with Crippen molar-refractivity contribution in [2.45, 2.75) is 37.5 Å². The van der Waals surface area contributed by atoms with Crippen LogP contribution in [0.15, 0.2) is 48.5 Å². The van der Waals surface area contributed by atoms with Crippen molar-refractivity contribution >= 4 is 29.1 Å². The molecule has 3 aliphatic rings. The zero-order chi connectivity index (χ0) is 22.1. The average Bonchev–Trinajstić information content (AvgIpc) is 3.21. The largest absolute Gasteiger partial charge is 0.352 e. The second kappa shape index (κ2) is 8.87. The summed E-state index contributed by atoms with van der Waals surface area (Å²) < 4.78 is 0. The maximum atomic E-state index is 12.7. The molecular formula is C26H30ClN3O2. The number of likely N-dealkylation sites (tertiary alicyclic amines) is 1. The number of carbonyl (C=O) groups is 2.